The van der Waals surface area contributed by atoms with Crippen molar-refractivity contribution in [3.8, 4) is 0 Å². The number of ether oxygens (including phenoxy) is 1. The van der Waals surface area contributed by atoms with E-state index in [0.717, 1.165) is 18.4 Å². The predicted octanol–water partition coefficient (Wildman–Crippen LogP) is 1.76. The summed E-state index contributed by atoms with van der Waals surface area (Å²) in [6.45, 7) is 6.04. The molecule has 0 atom stereocenters. The lowest BCUT2D eigenvalue weighted by atomic mass is 10.0. The first-order valence-corrected chi connectivity index (χ1v) is 9.87. The van der Waals surface area contributed by atoms with Gasteiger partial charge in [0.2, 0.25) is 15.9 Å². The van der Waals surface area contributed by atoms with Crippen LogP contribution in [-0.4, -0.2) is 44.9 Å². The van der Waals surface area contributed by atoms with E-state index in [-0.39, 0.29) is 16.7 Å². The highest BCUT2D eigenvalue weighted by atomic mass is 32.2. The van der Waals surface area contributed by atoms with Gasteiger partial charge in [0.05, 0.1) is 18.1 Å². The van der Waals surface area contributed by atoms with Crippen molar-refractivity contribution in [2.24, 2.45) is 5.92 Å². The first-order valence-electron chi connectivity index (χ1n) is 8.43. The molecule has 1 N–H and O–H groups in total. The Morgan fingerprint density at radius 3 is 2.29 bits per heavy atom. The number of carbonyl (C=O) groups excluding carboxylic acids is 1. The topological polar surface area (TPSA) is 75.7 Å². The molecule has 1 amide bonds. The van der Waals surface area contributed by atoms with Gasteiger partial charge in [0.1, 0.15) is 0 Å². The Balaban J connectivity index is 1.98. The van der Waals surface area contributed by atoms with Crippen molar-refractivity contribution >= 4 is 15.9 Å². The summed E-state index contributed by atoms with van der Waals surface area (Å²) in [5, 5.41) is 2.91. The fraction of sp³-hybridized carbons (Fsp3) is 0.588. The molecule has 1 saturated heterocycles. The first-order chi connectivity index (χ1) is 11.5. The van der Waals surface area contributed by atoms with Crippen LogP contribution in [0.4, 0.5) is 0 Å². The van der Waals surface area contributed by atoms with Crippen molar-refractivity contribution in [2.45, 2.75) is 38.1 Å². The Hall–Kier alpha value is -1.44. The van der Waals surface area contributed by atoms with E-state index in [1.54, 1.807) is 24.3 Å². The molecule has 1 heterocycles. The van der Waals surface area contributed by atoms with Crippen LogP contribution in [0.15, 0.2) is 29.2 Å². The molecular formula is C17H26N2O4S. The minimum Gasteiger partial charge on any atom is -0.379 e. The number of amides is 1. The van der Waals surface area contributed by atoms with Crippen molar-refractivity contribution in [1.29, 1.82) is 0 Å². The van der Waals surface area contributed by atoms with Crippen LogP contribution in [0.3, 0.4) is 0 Å². The molecule has 0 aromatic heterocycles. The van der Waals surface area contributed by atoms with Gasteiger partial charge in [-0.2, -0.15) is 4.31 Å². The molecule has 24 heavy (non-hydrogen) atoms. The summed E-state index contributed by atoms with van der Waals surface area (Å²) in [4.78, 5) is 12.3. The Bertz CT molecular complexity index is 633. The van der Waals surface area contributed by atoms with Gasteiger partial charge in [-0.05, 0) is 30.5 Å². The largest absolute Gasteiger partial charge is 0.379 e. The van der Waals surface area contributed by atoms with Gasteiger partial charge in [-0.25, -0.2) is 8.42 Å². The van der Waals surface area contributed by atoms with E-state index < -0.39 is 10.0 Å². The van der Waals surface area contributed by atoms with E-state index in [1.807, 2.05) is 13.8 Å². The summed E-state index contributed by atoms with van der Waals surface area (Å²) in [5.74, 6) is 0.0796. The molecule has 0 saturated carbocycles. The molecule has 2 rings (SSSR count). The third-order valence-electron chi connectivity index (χ3n) is 4.35. The second-order valence-electron chi connectivity index (χ2n) is 5.89. The standard InChI is InChI=1S/C17H26N2O4S/c1-3-15(4-2)17(20)18-13-14-5-7-16(8-6-14)24(21,22)19-9-11-23-12-10-19/h5-8,15H,3-4,9-13H2,1-2H3,(H,18,20). The number of sulfonamides is 1. The Morgan fingerprint density at radius 2 is 1.75 bits per heavy atom. The number of nitrogens with zero attached hydrogens (tertiary/aromatic N) is 1. The van der Waals surface area contributed by atoms with E-state index in [1.165, 1.54) is 4.31 Å². The number of morpholine rings is 1. The van der Waals surface area contributed by atoms with Crippen LogP contribution < -0.4 is 5.32 Å². The van der Waals surface area contributed by atoms with Gasteiger partial charge in [-0.1, -0.05) is 26.0 Å². The van der Waals surface area contributed by atoms with Crippen LogP contribution in [0.1, 0.15) is 32.3 Å². The Labute approximate surface area is 144 Å². The molecule has 0 unspecified atom stereocenters. The lowest BCUT2D eigenvalue weighted by Crippen LogP contribution is -2.40. The van der Waals surface area contributed by atoms with E-state index >= 15 is 0 Å². The number of rotatable bonds is 7. The van der Waals surface area contributed by atoms with Crippen LogP contribution >= 0.6 is 0 Å². The third kappa shape index (κ3) is 4.55. The van der Waals surface area contributed by atoms with Gasteiger partial charge >= 0.3 is 0 Å². The van der Waals surface area contributed by atoms with Gasteiger partial charge in [-0.3, -0.25) is 4.79 Å². The summed E-state index contributed by atoms with van der Waals surface area (Å²) in [6, 6.07) is 6.70. The van der Waals surface area contributed by atoms with Gasteiger partial charge in [0, 0.05) is 25.6 Å². The maximum Gasteiger partial charge on any atom is 0.243 e. The zero-order valence-corrected chi connectivity index (χ0v) is 15.1. The lowest BCUT2D eigenvalue weighted by molar-refractivity contribution is -0.125. The van der Waals surface area contributed by atoms with Crippen molar-refractivity contribution in [3.63, 3.8) is 0 Å². The van der Waals surface area contributed by atoms with Crippen LogP contribution in [0.25, 0.3) is 0 Å². The summed E-state index contributed by atoms with van der Waals surface area (Å²) >= 11 is 0. The minimum atomic E-state index is -3.47. The van der Waals surface area contributed by atoms with Crippen molar-refractivity contribution in [1.82, 2.24) is 9.62 Å². The number of nitrogens with one attached hydrogen (secondary N) is 1. The predicted molar refractivity (Wildman–Crippen MR) is 91.9 cm³/mol. The Morgan fingerprint density at radius 1 is 1.17 bits per heavy atom. The fourth-order valence-corrected chi connectivity index (χ4v) is 4.12. The zero-order chi connectivity index (χ0) is 17.6. The molecule has 0 spiro atoms. The average Bonchev–Trinajstić information content (AvgIpc) is 2.62. The smallest absolute Gasteiger partial charge is 0.243 e. The molecule has 0 bridgehead atoms. The molecule has 1 aliphatic rings. The van der Waals surface area contributed by atoms with Gasteiger partial charge in [0.25, 0.3) is 0 Å². The van der Waals surface area contributed by atoms with Gasteiger partial charge in [-0.15, -0.1) is 0 Å². The first kappa shape index (κ1) is 18.9. The molecule has 134 valence electrons. The highest BCUT2D eigenvalue weighted by Gasteiger charge is 2.26. The monoisotopic (exact) mass is 354 g/mol. The molecule has 0 aliphatic carbocycles. The van der Waals surface area contributed by atoms with E-state index in [0.29, 0.717) is 32.8 Å². The SMILES string of the molecule is CCC(CC)C(=O)NCc1ccc(S(=O)(=O)N2CCOCC2)cc1. The van der Waals surface area contributed by atoms with Crippen LogP contribution in [0.5, 0.6) is 0 Å². The number of benzene rings is 1. The second kappa shape index (κ2) is 8.60. The molecule has 1 fully saturated rings. The molecule has 1 aromatic carbocycles. The maximum atomic E-state index is 12.5. The second-order valence-corrected chi connectivity index (χ2v) is 7.83. The van der Waals surface area contributed by atoms with Crippen molar-refractivity contribution in [2.75, 3.05) is 26.3 Å². The van der Waals surface area contributed by atoms with E-state index in [2.05, 4.69) is 5.32 Å². The van der Waals surface area contributed by atoms with Crippen LogP contribution in [-0.2, 0) is 26.1 Å². The Kier molecular flexibility index (Phi) is 6.77. The van der Waals surface area contributed by atoms with Gasteiger partial charge in [0.15, 0.2) is 0 Å². The van der Waals surface area contributed by atoms with Crippen LogP contribution in [0, 0.1) is 5.92 Å². The maximum absolute atomic E-state index is 12.5. The highest BCUT2D eigenvalue weighted by molar-refractivity contribution is 7.89. The molecular weight excluding hydrogens is 328 g/mol. The molecule has 1 aromatic rings. The summed E-state index contributed by atoms with van der Waals surface area (Å²) in [5.41, 5.74) is 0.884. The third-order valence-corrected chi connectivity index (χ3v) is 6.27. The lowest BCUT2D eigenvalue weighted by Gasteiger charge is -2.26. The zero-order valence-electron chi connectivity index (χ0n) is 14.3. The fourth-order valence-electron chi connectivity index (χ4n) is 2.71. The normalized spacial score (nSPS) is 16.3. The number of hydrogen-bond donors (Lipinski definition) is 1. The van der Waals surface area contributed by atoms with Gasteiger partial charge < -0.3 is 10.1 Å². The molecule has 6 nitrogen and oxygen atoms in total. The van der Waals surface area contributed by atoms with Crippen LogP contribution in [0.2, 0.25) is 0 Å². The minimum absolute atomic E-state index is 0.0333. The van der Waals surface area contributed by atoms with E-state index in [4.69, 9.17) is 4.74 Å². The average molecular weight is 354 g/mol. The molecule has 1 aliphatic heterocycles. The number of hydrogen-bond acceptors (Lipinski definition) is 4. The quantitative estimate of drug-likeness (QED) is 0.809. The van der Waals surface area contributed by atoms with Crippen molar-refractivity contribution < 1.29 is 17.9 Å². The summed E-state index contributed by atoms with van der Waals surface area (Å²) < 4.78 is 31.7. The van der Waals surface area contributed by atoms with E-state index in [9.17, 15) is 13.2 Å². The molecule has 7 heteroatoms. The van der Waals surface area contributed by atoms with Crippen molar-refractivity contribution in [3.05, 3.63) is 29.8 Å². The highest BCUT2D eigenvalue weighted by Crippen LogP contribution is 2.18. The summed E-state index contributed by atoms with van der Waals surface area (Å²) in [6.07, 6.45) is 1.64. The summed E-state index contributed by atoms with van der Waals surface area (Å²) in [7, 11) is -3.47. The molecule has 0 radical (unpaired) electrons. The number of carbonyl (C=O) groups is 1.